The predicted molar refractivity (Wildman–Crippen MR) is 86.1 cm³/mol. The molecule has 3 N–H and O–H groups in total. The summed E-state index contributed by atoms with van der Waals surface area (Å²) in [6.07, 6.45) is 1.70. The number of aliphatic imine (C=N–C) groups is 1. The molecule has 0 aliphatic rings. The molecule has 1 aromatic heterocycles. The fourth-order valence-corrected chi connectivity index (χ4v) is 2.02. The van der Waals surface area contributed by atoms with E-state index in [1.807, 2.05) is 26.0 Å². The molecule has 1 aromatic carbocycles. The summed E-state index contributed by atoms with van der Waals surface area (Å²) in [5.74, 6) is 0.496. The van der Waals surface area contributed by atoms with E-state index in [4.69, 9.17) is 0 Å². The van der Waals surface area contributed by atoms with Gasteiger partial charge in [0.15, 0.2) is 5.96 Å². The molecule has 118 valence electrons. The number of benzene rings is 1. The summed E-state index contributed by atoms with van der Waals surface area (Å²) in [5.41, 5.74) is 2.47. The van der Waals surface area contributed by atoms with Crippen LogP contribution in [0, 0.1) is 12.7 Å². The van der Waals surface area contributed by atoms with E-state index in [9.17, 15) is 4.39 Å². The van der Waals surface area contributed by atoms with E-state index in [1.165, 1.54) is 0 Å². The Bertz CT molecular complexity index is 621. The van der Waals surface area contributed by atoms with Gasteiger partial charge in [-0.25, -0.2) is 9.38 Å². The molecule has 1 heterocycles. The fraction of sp³-hybridized carbons (Fsp3) is 0.375. The molecule has 1 unspecified atom stereocenters. The van der Waals surface area contributed by atoms with Crippen molar-refractivity contribution in [3.05, 3.63) is 53.1 Å². The van der Waals surface area contributed by atoms with E-state index in [1.54, 1.807) is 25.3 Å². The molecule has 6 heteroatoms. The number of hydrogen-bond donors (Lipinski definition) is 3. The summed E-state index contributed by atoms with van der Waals surface area (Å²) in [6, 6.07) is 7.11. The first-order valence-electron chi connectivity index (χ1n) is 7.39. The van der Waals surface area contributed by atoms with Crippen molar-refractivity contribution in [1.82, 2.24) is 20.8 Å². The van der Waals surface area contributed by atoms with E-state index >= 15 is 0 Å². The van der Waals surface area contributed by atoms with Gasteiger partial charge in [-0.3, -0.25) is 5.10 Å². The highest BCUT2D eigenvalue weighted by Crippen LogP contribution is 2.16. The highest BCUT2D eigenvalue weighted by Gasteiger charge is 2.09. The minimum atomic E-state index is -0.189. The Balaban J connectivity index is 2.05. The number of guanidine groups is 1. The third-order valence-electron chi connectivity index (χ3n) is 3.36. The first-order chi connectivity index (χ1) is 10.6. The largest absolute Gasteiger partial charge is 0.357 e. The zero-order valence-corrected chi connectivity index (χ0v) is 13.2. The maximum atomic E-state index is 13.7. The molecule has 0 fully saturated rings. The summed E-state index contributed by atoms with van der Waals surface area (Å²) in [6.45, 7) is 7.00. The number of halogens is 1. The van der Waals surface area contributed by atoms with Crippen LogP contribution in [-0.4, -0.2) is 22.7 Å². The molecule has 0 bridgehead atoms. The highest BCUT2D eigenvalue weighted by atomic mass is 19.1. The number of nitrogens with zero attached hydrogens (tertiary/aromatic N) is 2. The zero-order chi connectivity index (χ0) is 15.9. The van der Waals surface area contributed by atoms with Crippen LogP contribution in [0.15, 0.2) is 35.5 Å². The van der Waals surface area contributed by atoms with Crippen LogP contribution in [0.25, 0.3) is 0 Å². The van der Waals surface area contributed by atoms with Crippen molar-refractivity contribution in [2.75, 3.05) is 6.54 Å². The topological polar surface area (TPSA) is 65.1 Å². The normalized spacial score (nSPS) is 13.0. The van der Waals surface area contributed by atoms with Crippen molar-refractivity contribution < 1.29 is 4.39 Å². The van der Waals surface area contributed by atoms with Crippen molar-refractivity contribution in [2.45, 2.75) is 33.4 Å². The van der Waals surface area contributed by atoms with Gasteiger partial charge in [0.25, 0.3) is 0 Å². The van der Waals surface area contributed by atoms with Crippen LogP contribution in [0.2, 0.25) is 0 Å². The second kappa shape index (κ2) is 7.59. The van der Waals surface area contributed by atoms with Crippen molar-refractivity contribution >= 4 is 5.96 Å². The van der Waals surface area contributed by atoms with Crippen LogP contribution in [0.4, 0.5) is 4.39 Å². The minimum Gasteiger partial charge on any atom is -0.357 e. The number of H-pyrrole nitrogens is 1. The van der Waals surface area contributed by atoms with Gasteiger partial charge >= 0.3 is 0 Å². The lowest BCUT2D eigenvalue weighted by atomic mass is 10.1. The SMILES string of the molecule is CCNC(=NCc1ccn[nH]1)NC(C)c1ccc(C)c(F)c1. The van der Waals surface area contributed by atoms with Crippen LogP contribution in [-0.2, 0) is 6.54 Å². The number of rotatable bonds is 5. The Labute approximate surface area is 130 Å². The van der Waals surface area contributed by atoms with Crippen molar-refractivity contribution in [2.24, 2.45) is 4.99 Å². The Morgan fingerprint density at radius 1 is 1.41 bits per heavy atom. The average Bonchev–Trinajstić information content (AvgIpc) is 3.01. The molecule has 5 nitrogen and oxygen atoms in total. The van der Waals surface area contributed by atoms with Crippen molar-refractivity contribution in [3.8, 4) is 0 Å². The molecule has 2 rings (SSSR count). The Hall–Kier alpha value is -2.37. The summed E-state index contributed by atoms with van der Waals surface area (Å²) >= 11 is 0. The van der Waals surface area contributed by atoms with Crippen molar-refractivity contribution in [1.29, 1.82) is 0 Å². The number of aromatic amines is 1. The Morgan fingerprint density at radius 2 is 2.23 bits per heavy atom. The lowest BCUT2D eigenvalue weighted by Gasteiger charge is -2.18. The zero-order valence-electron chi connectivity index (χ0n) is 13.2. The molecule has 0 spiro atoms. The summed E-state index contributed by atoms with van der Waals surface area (Å²) in [5, 5.41) is 13.2. The third kappa shape index (κ3) is 4.31. The van der Waals surface area contributed by atoms with E-state index in [-0.39, 0.29) is 11.9 Å². The van der Waals surface area contributed by atoms with Gasteiger partial charge in [-0.05, 0) is 44.0 Å². The van der Waals surface area contributed by atoms with Gasteiger partial charge in [0, 0.05) is 12.7 Å². The molecule has 0 amide bonds. The summed E-state index contributed by atoms with van der Waals surface area (Å²) in [7, 11) is 0. The number of nitrogens with one attached hydrogen (secondary N) is 3. The molecule has 0 saturated carbocycles. The van der Waals surface area contributed by atoms with Gasteiger partial charge in [-0.1, -0.05) is 12.1 Å². The quantitative estimate of drug-likeness (QED) is 0.588. The summed E-state index contributed by atoms with van der Waals surface area (Å²) < 4.78 is 13.7. The molecule has 22 heavy (non-hydrogen) atoms. The number of aryl methyl sites for hydroxylation is 1. The van der Waals surface area contributed by atoms with Crippen LogP contribution < -0.4 is 10.6 Å². The molecule has 0 saturated heterocycles. The van der Waals surface area contributed by atoms with Crippen LogP contribution >= 0.6 is 0 Å². The highest BCUT2D eigenvalue weighted by molar-refractivity contribution is 5.80. The van der Waals surface area contributed by atoms with Crippen LogP contribution in [0.1, 0.15) is 36.7 Å². The monoisotopic (exact) mass is 303 g/mol. The fourth-order valence-electron chi connectivity index (χ4n) is 2.02. The first kappa shape index (κ1) is 16.0. The third-order valence-corrected chi connectivity index (χ3v) is 3.36. The first-order valence-corrected chi connectivity index (χ1v) is 7.39. The molecular weight excluding hydrogens is 281 g/mol. The van der Waals surface area contributed by atoms with Crippen LogP contribution in [0.5, 0.6) is 0 Å². The van der Waals surface area contributed by atoms with Crippen LogP contribution in [0.3, 0.4) is 0 Å². The number of aromatic nitrogens is 2. The molecule has 1 atom stereocenters. The lowest BCUT2D eigenvalue weighted by Crippen LogP contribution is -2.38. The predicted octanol–water partition coefficient (Wildman–Crippen LogP) is 2.67. The molecule has 0 aliphatic carbocycles. The molecule has 2 aromatic rings. The minimum absolute atomic E-state index is 0.0466. The second-order valence-corrected chi connectivity index (χ2v) is 5.15. The Morgan fingerprint density at radius 3 is 2.86 bits per heavy atom. The molecule has 0 radical (unpaired) electrons. The van der Waals surface area contributed by atoms with E-state index in [0.717, 1.165) is 17.8 Å². The standard InChI is InChI=1S/C16H22FN5/c1-4-18-16(19-10-14-7-8-20-22-14)21-12(3)13-6-5-11(2)15(17)9-13/h5-9,12H,4,10H2,1-3H3,(H,20,22)(H2,18,19,21). The van der Waals surface area contributed by atoms with Gasteiger partial charge in [-0.2, -0.15) is 5.10 Å². The Kier molecular flexibility index (Phi) is 5.52. The second-order valence-electron chi connectivity index (χ2n) is 5.15. The maximum Gasteiger partial charge on any atom is 0.192 e. The van der Waals surface area contributed by atoms with E-state index < -0.39 is 0 Å². The summed E-state index contributed by atoms with van der Waals surface area (Å²) in [4.78, 5) is 4.49. The number of hydrogen-bond acceptors (Lipinski definition) is 2. The average molecular weight is 303 g/mol. The van der Waals surface area contributed by atoms with E-state index in [2.05, 4.69) is 25.8 Å². The van der Waals surface area contributed by atoms with Crippen molar-refractivity contribution in [3.63, 3.8) is 0 Å². The van der Waals surface area contributed by atoms with Gasteiger partial charge in [0.2, 0.25) is 0 Å². The van der Waals surface area contributed by atoms with Gasteiger partial charge in [0.05, 0.1) is 18.3 Å². The molecule has 0 aliphatic heterocycles. The van der Waals surface area contributed by atoms with Gasteiger partial charge < -0.3 is 10.6 Å². The van der Waals surface area contributed by atoms with Gasteiger partial charge in [-0.15, -0.1) is 0 Å². The molecular formula is C16H22FN5. The smallest absolute Gasteiger partial charge is 0.192 e. The maximum absolute atomic E-state index is 13.7. The van der Waals surface area contributed by atoms with E-state index in [0.29, 0.717) is 18.1 Å². The van der Waals surface area contributed by atoms with Gasteiger partial charge in [0.1, 0.15) is 5.82 Å². The lowest BCUT2D eigenvalue weighted by molar-refractivity contribution is 0.607.